The van der Waals surface area contributed by atoms with Gasteiger partial charge in [-0.1, -0.05) is 67.6 Å². The zero-order valence-corrected chi connectivity index (χ0v) is 19.3. The van der Waals surface area contributed by atoms with Crippen LogP contribution in [0.5, 0.6) is 5.75 Å². The van der Waals surface area contributed by atoms with Crippen molar-refractivity contribution < 1.29 is 22.9 Å². The van der Waals surface area contributed by atoms with E-state index in [1.54, 1.807) is 12.1 Å². The highest BCUT2D eigenvalue weighted by atomic mass is 32.2. The predicted molar refractivity (Wildman–Crippen MR) is 123 cm³/mol. The van der Waals surface area contributed by atoms with Crippen molar-refractivity contribution in [3.05, 3.63) is 65.2 Å². The number of phenols is 1. The van der Waals surface area contributed by atoms with Crippen LogP contribution in [-0.4, -0.2) is 42.2 Å². The van der Waals surface area contributed by atoms with Crippen LogP contribution in [0.2, 0.25) is 0 Å². The number of nitrogens with zero attached hydrogens (tertiary/aromatic N) is 1. The van der Waals surface area contributed by atoms with Gasteiger partial charge in [0.15, 0.2) is 0 Å². The number of aromatic hydroxyl groups is 1. The molecule has 1 amide bonds. The maximum atomic E-state index is 12.9. The van der Waals surface area contributed by atoms with Crippen molar-refractivity contribution in [3.8, 4) is 5.75 Å². The number of likely N-dealkylation sites (N-methyl/N-ethyl adjacent to an activating group) is 1. The van der Waals surface area contributed by atoms with Crippen LogP contribution < -0.4 is 0 Å². The first-order valence-corrected chi connectivity index (χ1v) is 12.4. The lowest BCUT2D eigenvalue weighted by atomic mass is 9.92. The lowest BCUT2D eigenvalue weighted by Crippen LogP contribution is -2.33. The zero-order chi connectivity index (χ0) is 23.0. The Morgan fingerprint density at radius 2 is 1.71 bits per heavy atom. The predicted octanol–water partition coefficient (Wildman–Crippen LogP) is 4.53. The van der Waals surface area contributed by atoms with Crippen LogP contribution in [0.1, 0.15) is 54.8 Å². The van der Waals surface area contributed by atoms with Gasteiger partial charge in [0.25, 0.3) is 10.1 Å². The Kier molecular flexibility index (Phi) is 9.07. The Morgan fingerprint density at radius 1 is 1.13 bits per heavy atom. The summed E-state index contributed by atoms with van der Waals surface area (Å²) in [5, 5.41) is 9.90. The van der Waals surface area contributed by atoms with E-state index < -0.39 is 10.1 Å². The van der Waals surface area contributed by atoms with Gasteiger partial charge in [0.1, 0.15) is 5.75 Å². The molecule has 0 saturated heterocycles. The van der Waals surface area contributed by atoms with E-state index in [9.17, 15) is 18.3 Å². The molecule has 31 heavy (non-hydrogen) atoms. The molecule has 170 valence electrons. The van der Waals surface area contributed by atoms with Crippen molar-refractivity contribution in [2.45, 2.75) is 51.5 Å². The average Bonchev–Trinajstić information content (AvgIpc) is 3.19. The Labute approximate surface area is 185 Å². The van der Waals surface area contributed by atoms with Crippen LogP contribution in [0.15, 0.2) is 48.5 Å². The van der Waals surface area contributed by atoms with Gasteiger partial charge < -0.3 is 10.0 Å². The second-order valence-corrected chi connectivity index (χ2v) is 9.86. The standard InChI is InChI=1S/C23H29NO2.CH4O3S/c1-17-10-12-19(13-11-17)15-23(26)24(2)22(14-18-6-3-4-7-18)20-8-5-9-21(25)16-20;1-5(2,3)4/h5,8-13,16,18,22,25H,3-4,6-7,14-15H2,1-2H3;1H3,(H,2,3,4). The molecule has 1 atom stereocenters. The molecule has 2 N–H and O–H groups in total. The number of hydrogen-bond acceptors (Lipinski definition) is 4. The second kappa shape index (κ2) is 11.3. The maximum absolute atomic E-state index is 12.9. The van der Waals surface area contributed by atoms with Crippen molar-refractivity contribution in [3.63, 3.8) is 0 Å². The van der Waals surface area contributed by atoms with Crippen LogP contribution in [-0.2, 0) is 21.3 Å². The van der Waals surface area contributed by atoms with Crippen LogP contribution >= 0.6 is 0 Å². The van der Waals surface area contributed by atoms with E-state index in [0.29, 0.717) is 18.6 Å². The van der Waals surface area contributed by atoms with Gasteiger partial charge in [0, 0.05) is 7.05 Å². The number of benzene rings is 2. The summed E-state index contributed by atoms with van der Waals surface area (Å²) in [6.07, 6.45) is 7.17. The topological polar surface area (TPSA) is 94.9 Å². The third-order valence-electron chi connectivity index (χ3n) is 5.62. The molecule has 0 heterocycles. The minimum Gasteiger partial charge on any atom is -0.508 e. The van der Waals surface area contributed by atoms with Gasteiger partial charge >= 0.3 is 0 Å². The second-order valence-electron chi connectivity index (χ2n) is 8.40. The van der Waals surface area contributed by atoms with Gasteiger partial charge in [-0.3, -0.25) is 9.35 Å². The van der Waals surface area contributed by atoms with Crippen LogP contribution in [0, 0.1) is 12.8 Å². The molecule has 1 aliphatic carbocycles. The van der Waals surface area contributed by atoms with Crippen molar-refractivity contribution in [1.82, 2.24) is 4.90 Å². The van der Waals surface area contributed by atoms with Crippen LogP contribution in [0.3, 0.4) is 0 Å². The fourth-order valence-electron chi connectivity index (χ4n) is 3.99. The number of carbonyl (C=O) groups is 1. The Morgan fingerprint density at radius 3 is 2.26 bits per heavy atom. The van der Waals surface area contributed by atoms with E-state index in [0.717, 1.165) is 17.5 Å². The van der Waals surface area contributed by atoms with Gasteiger partial charge in [0.2, 0.25) is 5.91 Å². The first kappa shape index (κ1) is 24.9. The van der Waals surface area contributed by atoms with E-state index in [4.69, 9.17) is 4.55 Å². The number of phenolic OH excluding ortho intramolecular Hbond substituents is 1. The maximum Gasteiger partial charge on any atom is 0.261 e. The summed E-state index contributed by atoms with van der Waals surface area (Å²) in [7, 11) is -1.76. The Balaban J connectivity index is 0.000000614. The largest absolute Gasteiger partial charge is 0.508 e. The molecule has 2 aromatic rings. The summed E-state index contributed by atoms with van der Waals surface area (Å²) in [5.41, 5.74) is 3.27. The highest BCUT2D eigenvalue weighted by Crippen LogP contribution is 2.36. The first-order chi connectivity index (χ1) is 14.5. The lowest BCUT2D eigenvalue weighted by molar-refractivity contribution is -0.131. The number of carbonyl (C=O) groups excluding carboxylic acids is 1. The third kappa shape index (κ3) is 9.11. The first-order valence-electron chi connectivity index (χ1n) is 10.6. The monoisotopic (exact) mass is 447 g/mol. The molecule has 1 aliphatic rings. The van der Waals surface area contributed by atoms with Crippen LogP contribution in [0.25, 0.3) is 0 Å². The molecular formula is C24H33NO5S. The fourth-order valence-corrected chi connectivity index (χ4v) is 3.99. The molecule has 1 fully saturated rings. The molecule has 3 rings (SSSR count). The Hall–Kier alpha value is -2.38. The van der Waals surface area contributed by atoms with Gasteiger partial charge in [-0.25, -0.2) is 0 Å². The smallest absolute Gasteiger partial charge is 0.261 e. The number of rotatable bonds is 6. The SMILES string of the molecule is CS(=O)(=O)O.Cc1ccc(CC(=O)N(C)C(CC2CCCC2)c2cccc(O)c2)cc1. The molecule has 0 aliphatic heterocycles. The van der Waals surface area contributed by atoms with E-state index in [1.807, 2.05) is 48.3 Å². The Bertz CT molecular complexity index is 942. The molecule has 7 heteroatoms. The minimum absolute atomic E-state index is 0.0168. The summed E-state index contributed by atoms with van der Waals surface area (Å²) < 4.78 is 25.9. The molecule has 1 unspecified atom stereocenters. The highest BCUT2D eigenvalue weighted by molar-refractivity contribution is 7.85. The van der Waals surface area contributed by atoms with Crippen molar-refractivity contribution in [2.24, 2.45) is 5.92 Å². The van der Waals surface area contributed by atoms with Gasteiger partial charge in [-0.15, -0.1) is 0 Å². The number of aryl methyl sites for hydroxylation is 1. The lowest BCUT2D eigenvalue weighted by Gasteiger charge is -2.31. The molecule has 6 nitrogen and oxygen atoms in total. The molecule has 0 radical (unpaired) electrons. The summed E-state index contributed by atoms with van der Waals surface area (Å²) >= 11 is 0. The molecular weight excluding hydrogens is 414 g/mol. The summed E-state index contributed by atoms with van der Waals surface area (Å²) in [4.78, 5) is 14.8. The normalized spacial score (nSPS) is 15.1. The van der Waals surface area contributed by atoms with E-state index in [-0.39, 0.29) is 17.7 Å². The quantitative estimate of drug-likeness (QED) is 0.635. The zero-order valence-electron chi connectivity index (χ0n) is 18.5. The van der Waals surface area contributed by atoms with Gasteiger partial charge in [-0.2, -0.15) is 8.42 Å². The molecule has 2 aromatic carbocycles. The van der Waals surface area contributed by atoms with E-state index in [2.05, 4.69) is 6.92 Å². The summed E-state index contributed by atoms with van der Waals surface area (Å²) in [6, 6.07) is 15.5. The van der Waals surface area contributed by atoms with Crippen LogP contribution in [0.4, 0.5) is 0 Å². The summed E-state index contributed by atoms with van der Waals surface area (Å²) in [5.74, 6) is 1.05. The molecule has 0 spiro atoms. The average molecular weight is 448 g/mol. The fraction of sp³-hybridized carbons (Fsp3) is 0.458. The summed E-state index contributed by atoms with van der Waals surface area (Å²) in [6.45, 7) is 2.05. The molecule has 0 bridgehead atoms. The van der Waals surface area contributed by atoms with Crippen molar-refractivity contribution in [1.29, 1.82) is 0 Å². The number of amides is 1. The highest BCUT2D eigenvalue weighted by Gasteiger charge is 2.27. The molecule has 0 aromatic heterocycles. The van der Waals surface area contributed by atoms with Gasteiger partial charge in [-0.05, 0) is 42.5 Å². The van der Waals surface area contributed by atoms with E-state index >= 15 is 0 Å². The minimum atomic E-state index is -3.67. The van der Waals surface area contributed by atoms with Crippen molar-refractivity contribution in [2.75, 3.05) is 13.3 Å². The number of hydrogen-bond donors (Lipinski definition) is 2. The van der Waals surface area contributed by atoms with Gasteiger partial charge in [0.05, 0.1) is 18.7 Å². The van der Waals surface area contributed by atoms with E-state index in [1.165, 1.54) is 31.2 Å². The van der Waals surface area contributed by atoms with Crippen molar-refractivity contribution >= 4 is 16.0 Å². The molecule has 1 saturated carbocycles. The third-order valence-corrected chi connectivity index (χ3v) is 5.62.